The van der Waals surface area contributed by atoms with E-state index in [1.165, 1.54) is 25.7 Å². The van der Waals surface area contributed by atoms with Crippen LogP contribution in [-0.4, -0.2) is 43.8 Å². The molecule has 2 amide bonds. The second kappa shape index (κ2) is 13.8. The minimum absolute atomic E-state index is 0.0479. The molecule has 4 aliphatic rings. The molecule has 2 N–H and O–H groups in total. The molecule has 2 aliphatic carbocycles. The molecule has 6 atom stereocenters. The third-order valence-corrected chi connectivity index (χ3v) is 10.7. The van der Waals surface area contributed by atoms with Crippen molar-refractivity contribution in [3.63, 3.8) is 0 Å². The topological polar surface area (TPSA) is 116 Å². The molecule has 4 aromatic rings. The summed E-state index contributed by atoms with van der Waals surface area (Å²) in [5.41, 5.74) is 5.72. The standard InChI is InChI=1S/2C20H24N4O/c2*1-12-6-4-8-17(22-12)23-18-13(2)20(15-9-10-15)24(14(3)25)16-7-5-11-21-19(16)18/h2*4-8,11,13,15,18,20H,9-10H2,1-3H3,(H,22,23)/t2*13-,18-,20-/m10/s1. The number of anilines is 4. The Balaban J connectivity index is 0.000000157. The molecule has 0 saturated heterocycles. The second-order valence-corrected chi connectivity index (χ2v) is 14.5. The van der Waals surface area contributed by atoms with Gasteiger partial charge in [-0.2, -0.15) is 0 Å². The van der Waals surface area contributed by atoms with E-state index in [0.717, 1.165) is 45.8 Å². The van der Waals surface area contributed by atoms with Gasteiger partial charge in [-0.15, -0.1) is 0 Å². The highest BCUT2D eigenvalue weighted by Crippen LogP contribution is 2.50. The van der Waals surface area contributed by atoms with Crippen LogP contribution >= 0.6 is 0 Å². The maximum absolute atomic E-state index is 12.4. The fourth-order valence-corrected chi connectivity index (χ4v) is 8.27. The van der Waals surface area contributed by atoms with E-state index in [9.17, 15) is 9.59 Å². The number of nitrogens with zero attached hydrogens (tertiary/aromatic N) is 6. The van der Waals surface area contributed by atoms with Crippen LogP contribution in [0.25, 0.3) is 0 Å². The summed E-state index contributed by atoms with van der Waals surface area (Å²) in [6, 6.07) is 20.4. The van der Waals surface area contributed by atoms with E-state index in [-0.39, 0.29) is 47.8 Å². The molecule has 2 aliphatic heterocycles. The van der Waals surface area contributed by atoms with Crippen molar-refractivity contribution in [1.29, 1.82) is 0 Å². The number of pyridine rings is 4. The van der Waals surface area contributed by atoms with Gasteiger partial charge in [0.2, 0.25) is 11.8 Å². The van der Waals surface area contributed by atoms with Crippen LogP contribution in [0.3, 0.4) is 0 Å². The molecule has 0 bridgehead atoms. The lowest BCUT2D eigenvalue weighted by Crippen LogP contribution is -2.51. The molecule has 0 radical (unpaired) electrons. The van der Waals surface area contributed by atoms with E-state index in [4.69, 9.17) is 0 Å². The molecular formula is C40H48N8O2. The molecule has 10 heteroatoms. The van der Waals surface area contributed by atoms with Crippen LogP contribution in [0, 0.1) is 37.5 Å². The summed E-state index contributed by atoms with van der Waals surface area (Å²) in [6.07, 6.45) is 8.40. The number of hydrogen-bond acceptors (Lipinski definition) is 8. The highest BCUT2D eigenvalue weighted by molar-refractivity contribution is 5.94. The first-order chi connectivity index (χ1) is 24.1. The zero-order valence-electron chi connectivity index (χ0n) is 29.9. The second-order valence-electron chi connectivity index (χ2n) is 14.5. The molecule has 8 rings (SSSR count). The lowest BCUT2D eigenvalue weighted by Gasteiger charge is -2.45. The van der Waals surface area contributed by atoms with Gasteiger partial charge in [-0.05, 0) is 99.9 Å². The van der Waals surface area contributed by atoms with Crippen molar-refractivity contribution in [2.75, 3.05) is 20.4 Å². The van der Waals surface area contributed by atoms with E-state index in [1.54, 1.807) is 26.2 Å². The van der Waals surface area contributed by atoms with Gasteiger partial charge in [0.15, 0.2) is 0 Å². The number of hydrogen-bond donors (Lipinski definition) is 2. The molecular weight excluding hydrogens is 624 g/mol. The number of carbonyl (C=O) groups excluding carboxylic acids is 2. The van der Waals surface area contributed by atoms with E-state index in [1.807, 2.05) is 84.3 Å². The van der Waals surface area contributed by atoms with Gasteiger partial charge in [0.25, 0.3) is 0 Å². The smallest absolute Gasteiger partial charge is 0.224 e. The summed E-state index contributed by atoms with van der Waals surface area (Å²) in [4.78, 5) is 47.3. The minimum atomic E-state index is 0.0479. The fourth-order valence-electron chi connectivity index (χ4n) is 8.27. The highest BCUT2D eigenvalue weighted by atomic mass is 16.2. The number of aromatic nitrogens is 4. The quantitative estimate of drug-likeness (QED) is 0.217. The van der Waals surface area contributed by atoms with Gasteiger partial charge in [-0.1, -0.05) is 26.0 Å². The maximum atomic E-state index is 12.4. The Morgan fingerprint density at radius 3 is 1.36 bits per heavy atom. The predicted octanol–water partition coefficient (Wildman–Crippen LogP) is 7.44. The fraction of sp³-hybridized carbons (Fsp3) is 0.450. The summed E-state index contributed by atoms with van der Waals surface area (Å²) in [7, 11) is 0. The summed E-state index contributed by atoms with van der Waals surface area (Å²) in [6.45, 7) is 11.8. The largest absolute Gasteiger partial charge is 0.361 e. The summed E-state index contributed by atoms with van der Waals surface area (Å²) in [5.74, 6) is 3.63. The van der Waals surface area contributed by atoms with Crippen molar-refractivity contribution in [3.8, 4) is 0 Å². The Kier molecular flexibility index (Phi) is 9.28. The van der Waals surface area contributed by atoms with Crippen LogP contribution in [-0.2, 0) is 9.59 Å². The van der Waals surface area contributed by atoms with Gasteiger partial charge in [0.1, 0.15) is 11.6 Å². The average Bonchev–Trinajstić information content (AvgIpc) is 4.02. The molecule has 0 spiro atoms. The predicted molar refractivity (Wildman–Crippen MR) is 197 cm³/mol. The summed E-state index contributed by atoms with van der Waals surface area (Å²) >= 11 is 0. The molecule has 50 heavy (non-hydrogen) atoms. The number of fused-ring (bicyclic) bond motifs is 2. The monoisotopic (exact) mass is 672 g/mol. The third-order valence-electron chi connectivity index (χ3n) is 10.7. The Morgan fingerprint density at radius 1 is 0.620 bits per heavy atom. The van der Waals surface area contributed by atoms with Gasteiger partial charge in [0, 0.05) is 61.5 Å². The molecule has 2 fully saturated rings. The van der Waals surface area contributed by atoms with Gasteiger partial charge >= 0.3 is 0 Å². The van der Waals surface area contributed by atoms with Crippen LogP contribution in [0.4, 0.5) is 23.0 Å². The molecule has 6 heterocycles. The van der Waals surface area contributed by atoms with Crippen LogP contribution in [0.5, 0.6) is 0 Å². The van der Waals surface area contributed by atoms with Crippen molar-refractivity contribution < 1.29 is 9.59 Å². The molecule has 0 unspecified atom stereocenters. The van der Waals surface area contributed by atoms with E-state index >= 15 is 0 Å². The van der Waals surface area contributed by atoms with Gasteiger partial charge < -0.3 is 20.4 Å². The lowest BCUT2D eigenvalue weighted by atomic mass is 9.82. The number of nitrogens with one attached hydrogen (secondary N) is 2. The zero-order valence-corrected chi connectivity index (χ0v) is 29.9. The van der Waals surface area contributed by atoms with Crippen LogP contribution in [0.1, 0.15) is 88.2 Å². The first-order valence-corrected chi connectivity index (χ1v) is 18.0. The van der Waals surface area contributed by atoms with Gasteiger partial charge in [-0.3, -0.25) is 19.6 Å². The van der Waals surface area contributed by atoms with E-state index in [2.05, 4.69) is 44.4 Å². The van der Waals surface area contributed by atoms with Gasteiger partial charge in [0.05, 0.1) is 34.8 Å². The third kappa shape index (κ3) is 6.67. The molecule has 2 saturated carbocycles. The Morgan fingerprint density at radius 2 is 1.02 bits per heavy atom. The number of carbonyl (C=O) groups is 2. The van der Waals surface area contributed by atoms with Crippen LogP contribution in [0.2, 0.25) is 0 Å². The number of aryl methyl sites for hydroxylation is 2. The van der Waals surface area contributed by atoms with Crippen LogP contribution < -0.4 is 20.4 Å². The zero-order chi connectivity index (χ0) is 35.1. The highest BCUT2D eigenvalue weighted by Gasteiger charge is 2.49. The molecule has 260 valence electrons. The molecule has 4 aromatic heterocycles. The summed E-state index contributed by atoms with van der Waals surface area (Å²) < 4.78 is 0. The van der Waals surface area contributed by atoms with Crippen molar-refractivity contribution in [2.24, 2.45) is 23.7 Å². The Hall–Kier alpha value is -4.86. The van der Waals surface area contributed by atoms with Crippen molar-refractivity contribution in [3.05, 3.63) is 95.8 Å². The van der Waals surface area contributed by atoms with E-state index in [0.29, 0.717) is 11.8 Å². The van der Waals surface area contributed by atoms with E-state index < -0.39 is 0 Å². The Bertz CT molecular complexity index is 1740. The number of rotatable bonds is 6. The number of amides is 2. The average molecular weight is 673 g/mol. The molecule has 0 aromatic carbocycles. The minimum Gasteiger partial charge on any atom is -0.361 e. The lowest BCUT2D eigenvalue weighted by molar-refractivity contribution is -0.118. The van der Waals surface area contributed by atoms with Crippen molar-refractivity contribution in [1.82, 2.24) is 19.9 Å². The summed E-state index contributed by atoms with van der Waals surface area (Å²) in [5, 5.41) is 7.18. The normalized spacial score (nSPS) is 25.4. The maximum Gasteiger partial charge on any atom is 0.224 e. The SMILES string of the molecule is CC(=O)N1c2cccnc2[C@@H](Nc2cccc(C)n2)[C@H](C)[C@H]1C1CC1.CC(=O)N1c2cccnc2[C@H](Nc2cccc(C)n2)[C@@H](C)[C@@H]1C1CC1. The van der Waals surface area contributed by atoms with Crippen LogP contribution in [0.15, 0.2) is 73.1 Å². The van der Waals surface area contributed by atoms with Crippen molar-refractivity contribution >= 4 is 34.8 Å². The van der Waals surface area contributed by atoms with Gasteiger partial charge in [-0.25, -0.2) is 9.97 Å². The van der Waals surface area contributed by atoms with Crippen molar-refractivity contribution in [2.45, 2.75) is 91.4 Å². The molecule has 10 nitrogen and oxygen atoms in total. The first kappa shape index (κ1) is 33.6. The first-order valence-electron chi connectivity index (χ1n) is 18.0. The Labute approximate surface area is 295 Å².